The lowest BCUT2D eigenvalue weighted by atomic mass is 9.98. The van der Waals surface area contributed by atoms with Crippen molar-refractivity contribution < 1.29 is 24.9 Å². The van der Waals surface area contributed by atoms with Gasteiger partial charge in [0, 0.05) is 19.7 Å². The van der Waals surface area contributed by atoms with Crippen LogP contribution in [0, 0.1) is 5.92 Å². The Balaban J connectivity index is 2.41. The molecule has 0 unspecified atom stereocenters. The number of amides is 2. The fraction of sp³-hybridized carbons (Fsp3) is 0.800. The fourth-order valence-corrected chi connectivity index (χ4v) is 1.74. The molecule has 1 fully saturated rings. The highest BCUT2D eigenvalue weighted by molar-refractivity contribution is 5.82. The zero-order valence-corrected chi connectivity index (χ0v) is 9.50. The number of carboxylic acid groups (broad SMARTS) is 1. The molecule has 1 rings (SSSR count). The molecule has 7 nitrogen and oxygen atoms in total. The van der Waals surface area contributed by atoms with Gasteiger partial charge in [0.1, 0.15) is 0 Å². The first kappa shape index (κ1) is 13.7. The molecule has 0 aromatic heterocycles. The second-order valence-corrected chi connectivity index (χ2v) is 4.14. The van der Waals surface area contributed by atoms with Gasteiger partial charge in [0.2, 0.25) is 0 Å². The van der Waals surface area contributed by atoms with E-state index in [1.54, 1.807) is 0 Å². The van der Waals surface area contributed by atoms with Crippen LogP contribution in [0.3, 0.4) is 0 Å². The Morgan fingerprint density at radius 3 is 2.29 bits per heavy atom. The van der Waals surface area contributed by atoms with E-state index in [0.717, 1.165) is 0 Å². The topological polar surface area (TPSA) is 110 Å². The van der Waals surface area contributed by atoms with E-state index in [2.05, 4.69) is 5.32 Å². The number of aliphatic carboxylic acids is 1. The van der Waals surface area contributed by atoms with Gasteiger partial charge in [-0.3, -0.25) is 0 Å². The van der Waals surface area contributed by atoms with Gasteiger partial charge in [-0.15, -0.1) is 0 Å². The van der Waals surface area contributed by atoms with Crippen LogP contribution in [0.15, 0.2) is 0 Å². The molecular formula is C10H18N2O5. The second-order valence-electron chi connectivity index (χ2n) is 4.14. The first-order valence-corrected chi connectivity index (χ1v) is 5.58. The molecule has 2 amide bonds. The Kier molecular flexibility index (Phi) is 5.17. The van der Waals surface area contributed by atoms with Crippen LogP contribution >= 0.6 is 0 Å². The first-order chi connectivity index (χ1) is 8.08. The van der Waals surface area contributed by atoms with Crippen LogP contribution in [0.25, 0.3) is 0 Å². The third-order valence-electron chi connectivity index (χ3n) is 2.94. The second kappa shape index (κ2) is 6.41. The van der Waals surface area contributed by atoms with Gasteiger partial charge in [-0.1, -0.05) is 0 Å². The largest absolute Gasteiger partial charge is 0.480 e. The summed E-state index contributed by atoms with van der Waals surface area (Å²) in [6.45, 7) is 0.474. The van der Waals surface area contributed by atoms with Gasteiger partial charge in [0.15, 0.2) is 6.04 Å². The minimum Gasteiger partial charge on any atom is -0.480 e. The van der Waals surface area contributed by atoms with Gasteiger partial charge >= 0.3 is 12.0 Å². The van der Waals surface area contributed by atoms with Crippen molar-refractivity contribution in [3.63, 3.8) is 0 Å². The van der Waals surface area contributed by atoms with Crippen LogP contribution in [0.4, 0.5) is 4.79 Å². The van der Waals surface area contributed by atoms with Crippen LogP contribution in [0.5, 0.6) is 0 Å². The van der Waals surface area contributed by atoms with Crippen molar-refractivity contribution in [2.24, 2.45) is 5.92 Å². The van der Waals surface area contributed by atoms with Crippen molar-refractivity contribution in [1.29, 1.82) is 0 Å². The molecule has 1 heterocycles. The molecule has 98 valence electrons. The van der Waals surface area contributed by atoms with E-state index in [1.807, 2.05) is 0 Å². The highest BCUT2D eigenvalue weighted by Gasteiger charge is 2.25. The molecule has 17 heavy (non-hydrogen) atoms. The smallest absolute Gasteiger partial charge is 0.328 e. The zero-order valence-electron chi connectivity index (χ0n) is 9.50. The summed E-state index contributed by atoms with van der Waals surface area (Å²) in [6.07, 6.45) is 1.42. The summed E-state index contributed by atoms with van der Waals surface area (Å²) < 4.78 is 0. The molecule has 0 saturated carbocycles. The summed E-state index contributed by atoms with van der Waals surface area (Å²) >= 11 is 0. The van der Waals surface area contributed by atoms with Gasteiger partial charge in [0.05, 0.1) is 6.61 Å². The normalized spacial score (nSPS) is 18.8. The van der Waals surface area contributed by atoms with Crippen molar-refractivity contribution in [3.8, 4) is 0 Å². The average Bonchev–Trinajstić information content (AvgIpc) is 2.35. The Morgan fingerprint density at radius 2 is 1.88 bits per heavy atom. The number of piperidine rings is 1. The molecule has 4 N–H and O–H groups in total. The third kappa shape index (κ3) is 3.86. The number of nitrogens with zero attached hydrogens (tertiary/aromatic N) is 1. The Morgan fingerprint density at radius 1 is 1.29 bits per heavy atom. The van der Waals surface area contributed by atoms with E-state index >= 15 is 0 Å². The van der Waals surface area contributed by atoms with E-state index in [1.165, 1.54) is 4.90 Å². The summed E-state index contributed by atoms with van der Waals surface area (Å²) in [5.74, 6) is -1.04. The number of likely N-dealkylation sites (tertiary alicyclic amines) is 1. The molecule has 0 aromatic carbocycles. The third-order valence-corrected chi connectivity index (χ3v) is 2.94. The monoisotopic (exact) mass is 246 g/mol. The van der Waals surface area contributed by atoms with Gasteiger partial charge in [-0.2, -0.15) is 0 Å². The Bertz CT molecular complexity index is 276. The van der Waals surface area contributed by atoms with Crippen LogP contribution in [0.1, 0.15) is 12.8 Å². The molecule has 1 saturated heterocycles. The molecule has 0 aliphatic carbocycles. The van der Waals surface area contributed by atoms with E-state index in [4.69, 9.17) is 15.3 Å². The summed E-state index contributed by atoms with van der Waals surface area (Å²) in [5.41, 5.74) is 0. The molecule has 0 spiro atoms. The maximum atomic E-state index is 11.6. The molecular weight excluding hydrogens is 228 g/mol. The van der Waals surface area contributed by atoms with Crippen molar-refractivity contribution in [3.05, 3.63) is 0 Å². The minimum atomic E-state index is -1.27. The molecule has 0 bridgehead atoms. The van der Waals surface area contributed by atoms with E-state index in [9.17, 15) is 9.59 Å². The zero-order chi connectivity index (χ0) is 12.8. The van der Waals surface area contributed by atoms with Crippen LogP contribution < -0.4 is 5.32 Å². The standard InChI is InChI=1S/C10H18N2O5/c13-5-7-1-3-12(4-2-7)10(17)11-8(6-14)9(15)16/h7-8,13-14H,1-6H2,(H,11,17)(H,15,16)/t8-/m0/s1. The first-order valence-electron chi connectivity index (χ1n) is 5.58. The van der Waals surface area contributed by atoms with Crippen molar-refractivity contribution in [2.75, 3.05) is 26.3 Å². The lowest BCUT2D eigenvalue weighted by molar-refractivity contribution is -0.140. The summed E-state index contributed by atoms with van der Waals surface area (Å²) in [5, 5.41) is 28.6. The van der Waals surface area contributed by atoms with Crippen molar-refractivity contribution in [2.45, 2.75) is 18.9 Å². The lowest BCUT2D eigenvalue weighted by Gasteiger charge is -2.31. The van der Waals surface area contributed by atoms with Gasteiger partial charge in [-0.25, -0.2) is 9.59 Å². The average molecular weight is 246 g/mol. The number of aliphatic hydroxyl groups excluding tert-OH is 2. The SMILES string of the molecule is O=C(O)[C@H](CO)NC(=O)N1CCC(CO)CC1. The summed E-state index contributed by atoms with van der Waals surface area (Å²) in [4.78, 5) is 23.8. The molecule has 1 atom stereocenters. The summed E-state index contributed by atoms with van der Waals surface area (Å²) in [7, 11) is 0. The maximum absolute atomic E-state index is 11.6. The van der Waals surface area contributed by atoms with Crippen LogP contribution in [-0.2, 0) is 4.79 Å². The highest BCUT2D eigenvalue weighted by Crippen LogP contribution is 2.16. The Hall–Kier alpha value is -1.34. The predicted molar refractivity (Wildman–Crippen MR) is 58.4 cm³/mol. The number of urea groups is 1. The van der Waals surface area contributed by atoms with E-state index < -0.39 is 24.6 Å². The Labute approximate surface area is 99.0 Å². The number of carbonyl (C=O) groups excluding carboxylic acids is 1. The van der Waals surface area contributed by atoms with Gasteiger partial charge in [-0.05, 0) is 18.8 Å². The van der Waals surface area contributed by atoms with Crippen LogP contribution in [-0.4, -0.2) is 64.6 Å². The molecule has 0 aromatic rings. The molecule has 0 radical (unpaired) electrons. The number of rotatable bonds is 4. The molecule has 1 aliphatic heterocycles. The lowest BCUT2D eigenvalue weighted by Crippen LogP contribution is -2.51. The quantitative estimate of drug-likeness (QED) is 0.500. The van der Waals surface area contributed by atoms with E-state index in [0.29, 0.717) is 25.9 Å². The molecule has 1 aliphatic rings. The number of aliphatic hydroxyl groups is 2. The summed E-state index contributed by atoms with van der Waals surface area (Å²) in [6, 6.07) is -1.75. The van der Waals surface area contributed by atoms with Gasteiger partial charge < -0.3 is 25.5 Å². The number of carboxylic acids is 1. The highest BCUT2D eigenvalue weighted by atomic mass is 16.4. The minimum absolute atomic E-state index is 0.115. The maximum Gasteiger partial charge on any atom is 0.328 e. The number of carbonyl (C=O) groups is 2. The van der Waals surface area contributed by atoms with Crippen molar-refractivity contribution in [1.82, 2.24) is 10.2 Å². The van der Waals surface area contributed by atoms with Crippen LogP contribution in [0.2, 0.25) is 0 Å². The fourth-order valence-electron chi connectivity index (χ4n) is 1.74. The van der Waals surface area contributed by atoms with Crippen molar-refractivity contribution >= 4 is 12.0 Å². The predicted octanol–water partition coefficient (Wildman–Crippen LogP) is -1.15. The number of hydrogen-bond acceptors (Lipinski definition) is 4. The number of hydrogen-bond donors (Lipinski definition) is 4. The van der Waals surface area contributed by atoms with E-state index in [-0.39, 0.29) is 12.5 Å². The number of nitrogens with one attached hydrogen (secondary N) is 1. The van der Waals surface area contributed by atoms with Gasteiger partial charge in [0.25, 0.3) is 0 Å². The molecule has 7 heteroatoms.